The van der Waals surface area contributed by atoms with Crippen LogP contribution in [0.5, 0.6) is 0 Å². The molecule has 0 atom stereocenters. The van der Waals surface area contributed by atoms with Gasteiger partial charge >= 0.3 is 0 Å². The number of pyridine rings is 1. The van der Waals surface area contributed by atoms with E-state index in [0.717, 1.165) is 30.0 Å². The third-order valence-electron chi connectivity index (χ3n) is 2.98. The number of aryl methyl sites for hydroxylation is 1. The van der Waals surface area contributed by atoms with Crippen molar-refractivity contribution in [2.75, 3.05) is 0 Å². The highest BCUT2D eigenvalue weighted by Gasteiger charge is 2.16. The van der Waals surface area contributed by atoms with Crippen molar-refractivity contribution in [3.63, 3.8) is 0 Å². The summed E-state index contributed by atoms with van der Waals surface area (Å²) < 4.78 is 2.21. The first-order valence-electron chi connectivity index (χ1n) is 5.43. The fourth-order valence-corrected chi connectivity index (χ4v) is 3.10. The molecule has 0 radical (unpaired) electrons. The molecule has 1 aliphatic carbocycles. The Morgan fingerprint density at radius 1 is 1.35 bits per heavy atom. The largest absolute Gasteiger partial charge is 0.305 e. The normalized spacial score (nSPS) is 13.9. The molecule has 0 saturated carbocycles. The van der Waals surface area contributed by atoms with Gasteiger partial charge in [-0.1, -0.05) is 17.4 Å². The summed E-state index contributed by atoms with van der Waals surface area (Å²) >= 11 is 7.06. The molecule has 2 heterocycles. The van der Waals surface area contributed by atoms with E-state index < -0.39 is 0 Å². The van der Waals surface area contributed by atoms with Crippen molar-refractivity contribution < 1.29 is 0 Å². The van der Waals surface area contributed by atoms with Gasteiger partial charge in [-0.3, -0.25) is 4.79 Å². The zero-order valence-electron chi connectivity index (χ0n) is 9.02. The highest BCUT2D eigenvalue weighted by atomic mass is 35.5. The van der Waals surface area contributed by atoms with Gasteiger partial charge < -0.3 is 4.57 Å². The second-order valence-corrected chi connectivity index (χ2v) is 5.68. The molecule has 2 aromatic heterocycles. The van der Waals surface area contributed by atoms with Crippen molar-refractivity contribution in [2.24, 2.45) is 0 Å². The minimum absolute atomic E-state index is 0.0250. The van der Waals surface area contributed by atoms with Gasteiger partial charge in [-0.05, 0) is 36.4 Å². The Kier molecular flexibility index (Phi) is 2.72. The minimum Gasteiger partial charge on any atom is -0.305 e. The predicted molar refractivity (Wildman–Crippen MR) is 66.7 cm³/mol. The predicted octanol–water partition coefficient (Wildman–Crippen LogP) is 1.89. The van der Waals surface area contributed by atoms with Crippen LogP contribution in [-0.2, 0) is 19.4 Å². The number of hydrogen-bond donors (Lipinski definition) is 0. The van der Waals surface area contributed by atoms with E-state index >= 15 is 0 Å². The molecule has 0 fully saturated rings. The van der Waals surface area contributed by atoms with Gasteiger partial charge in [0.15, 0.2) is 0 Å². The maximum absolute atomic E-state index is 11.9. The summed E-state index contributed by atoms with van der Waals surface area (Å²) in [5, 5.41) is 8.48. The fourth-order valence-electron chi connectivity index (χ4n) is 2.24. The second-order valence-electron chi connectivity index (χ2n) is 4.03. The highest BCUT2D eigenvalue weighted by Crippen LogP contribution is 2.22. The van der Waals surface area contributed by atoms with Crippen LogP contribution in [-0.4, -0.2) is 14.8 Å². The van der Waals surface area contributed by atoms with Gasteiger partial charge in [0, 0.05) is 11.8 Å². The van der Waals surface area contributed by atoms with Gasteiger partial charge in [-0.2, -0.15) is 0 Å². The number of fused-ring (bicyclic) bond motifs is 1. The van der Waals surface area contributed by atoms with E-state index in [9.17, 15) is 4.79 Å². The van der Waals surface area contributed by atoms with Crippen LogP contribution >= 0.6 is 22.9 Å². The number of rotatable bonds is 2. The number of aromatic nitrogens is 3. The van der Waals surface area contributed by atoms with Crippen molar-refractivity contribution in [3.05, 3.63) is 43.2 Å². The fraction of sp³-hybridized carbons (Fsp3) is 0.364. The van der Waals surface area contributed by atoms with Crippen molar-refractivity contribution in [3.8, 4) is 0 Å². The quantitative estimate of drug-likeness (QED) is 0.835. The van der Waals surface area contributed by atoms with Crippen LogP contribution < -0.4 is 5.56 Å². The first-order valence-corrected chi connectivity index (χ1v) is 6.63. The van der Waals surface area contributed by atoms with Crippen molar-refractivity contribution in [1.29, 1.82) is 0 Å². The van der Waals surface area contributed by atoms with E-state index in [1.54, 1.807) is 10.6 Å². The van der Waals surface area contributed by atoms with Crippen LogP contribution in [0.1, 0.15) is 22.7 Å². The lowest BCUT2D eigenvalue weighted by Crippen LogP contribution is -2.23. The maximum Gasteiger partial charge on any atom is 0.251 e. The Hall–Kier alpha value is -1.20. The number of nitrogens with zero attached hydrogens (tertiary/aromatic N) is 3. The summed E-state index contributed by atoms with van der Waals surface area (Å²) in [4.78, 5) is 11.9. The van der Waals surface area contributed by atoms with E-state index in [1.165, 1.54) is 16.9 Å². The molecule has 0 aromatic carbocycles. The highest BCUT2D eigenvalue weighted by molar-refractivity contribution is 7.15. The molecule has 0 aliphatic heterocycles. The Bertz CT molecular complexity index is 619. The maximum atomic E-state index is 11.9. The van der Waals surface area contributed by atoms with Gasteiger partial charge in [-0.15, -0.1) is 10.2 Å². The van der Waals surface area contributed by atoms with E-state index in [4.69, 9.17) is 11.6 Å². The SMILES string of the molecule is O=c1ccc2c(n1Cc1nnc(Cl)s1)CCC2. The lowest BCUT2D eigenvalue weighted by atomic mass is 10.2. The second kappa shape index (κ2) is 4.23. The van der Waals surface area contributed by atoms with Gasteiger partial charge in [0.1, 0.15) is 5.01 Å². The molecule has 0 bridgehead atoms. The smallest absolute Gasteiger partial charge is 0.251 e. The van der Waals surface area contributed by atoms with Gasteiger partial charge in [0.2, 0.25) is 4.47 Å². The van der Waals surface area contributed by atoms with Gasteiger partial charge in [0.25, 0.3) is 5.56 Å². The van der Waals surface area contributed by atoms with Crippen LogP contribution in [0.15, 0.2) is 16.9 Å². The Morgan fingerprint density at radius 3 is 3.00 bits per heavy atom. The molecule has 3 rings (SSSR count). The zero-order chi connectivity index (χ0) is 11.8. The molecular weight excluding hydrogens is 258 g/mol. The van der Waals surface area contributed by atoms with Crippen LogP contribution in [0.4, 0.5) is 0 Å². The van der Waals surface area contributed by atoms with E-state index in [0.29, 0.717) is 11.0 Å². The van der Waals surface area contributed by atoms with Gasteiger partial charge in [0.05, 0.1) is 6.54 Å². The van der Waals surface area contributed by atoms with Crippen LogP contribution in [0.3, 0.4) is 0 Å². The van der Waals surface area contributed by atoms with Gasteiger partial charge in [-0.25, -0.2) is 0 Å². The van der Waals surface area contributed by atoms with E-state index in [1.807, 2.05) is 6.07 Å². The molecular formula is C11H10ClN3OS. The monoisotopic (exact) mass is 267 g/mol. The summed E-state index contributed by atoms with van der Waals surface area (Å²) in [6, 6.07) is 3.57. The summed E-state index contributed by atoms with van der Waals surface area (Å²) in [6.45, 7) is 0.479. The van der Waals surface area contributed by atoms with Crippen LogP contribution in [0.2, 0.25) is 4.47 Å². The molecule has 1 aliphatic rings. The minimum atomic E-state index is 0.0250. The molecule has 0 amide bonds. The molecule has 0 N–H and O–H groups in total. The Labute approximate surface area is 107 Å². The molecule has 0 spiro atoms. The third-order valence-corrected chi connectivity index (χ3v) is 3.99. The summed E-state index contributed by atoms with van der Waals surface area (Å²) in [5.41, 5.74) is 2.45. The first-order chi connectivity index (χ1) is 8.24. The van der Waals surface area contributed by atoms with Crippen LogP contribution in [0.25, 0.3) is 0 Å². The standard InChI is InChI=1S/C11H10ClN3OS/c12-11-14-13-9(17-11)6-15-8-3-1-2-7(8)4-5-10(15)16/h4-5H,1-3,6H2. The molecule has 2 aromatic rings. The molecule has 17 heavy (non-hydrogen) atoms. The summed E-state index contributed by atoms with van der Waals surface area (Å²) in [7, 11) is 0. The molecule has 88 valence electrons. The number of halogens is 1. The lowest BCUT2D eigenvalue weighted by molar-refractivity contribution is 0.697. The molecule has 4 nitrogen and oxygen atoms in total. The van der Waals surface area contributed by atoms with Crippen molar-refractivity contribution >= 4 is 22.9 Å². The van der Waals surface area contributed by atoms with Crippen LogP contribution in [0, 0.1) is 0 Å². The zero-order valence-corrected chi connectivity index (χ0v) is 10.6. The summed E-state index contributed by atoms with van der Waals surface area (Å²) in [6.07, 6.45) is 3.15. The summed E-state index contributed by atoms with van der Waals surface area (Å²) in [5.74, 6) is 0. The Morgan fingerprint density at radius 2 is 2.24 bits per heavy atom. The third kappa shape index (κ3) is 2.00. The van der Waals surface area contributed by atoms with E-state index in [2.05, 4.69) is 10.2 Å². The molecule has 0 unspecified atom stereocenters. The van der Waals surface area contributed by atoms with E-state index in [-0.39, 0.29) is 5.56 Å². The average Bonchev–Trinajstić information content (AvgIpc) is 2.91. The topological polar surface area (TPSA) is 47.8 Å². The number of hydrogen-bond acceptors (Lipinski definition) is 4. The first kappa shape index (κ1) is 10.9. The molecule has 0 saturated heterocycles. The van der Waals surface area contributed by atoms with Crippen molar-refractivity contribution in [1.82, 2.24) is 14.8 Å². The average molecular weight is 268 g/mol. The van der Waals surface area contributed by atoms with Crippen molar-refractivity contribution in [2.45, 2.75) is 25.8 Å². The lowest BCUT2D eigenvalue weighted by Gasteiger charge is -2.09. The Balaban J connectivity index is 2.03. The molecule has 6 heteroatoms.